The molecule has 0 amide bonds. The summed E-state index contributed by atoms with van der Waals surface area (Å²) in [7, 11) is 0. The first-order valence-electron chi connectivity index (χ1n) is 9.46. The molecule has 0 radical (unpaired) electrons. The van der Waals surface area contributed by atoms with Gasteiger partial charge in [0.15, 0.2) is 5.70 Å². The maximum absolute atomic E-state index is 12.4. The molecule has 0 N–H and O–H groups in total. The Balaban J connectivity index is 1.59. The quantitative estimate of drug-likeness (QED) is 0.154. The Kier molecular flexibility index (Phi) is 7.78. The van der Waals surface area contributed by atoms with E-state index in [4.69, 9.17) is 21.1 Å². The molecule has 0 bridgehead atoms. The molecule has 4 rings (SSSR count). The Morgan fingerprint density at radius 2 is 1.78 bits per heavy atom. The van der Waals surface area contributed by atoms with Gasteiger partial charge in [-0.1, -0.05) is 35.9 Å². The predicted octanol–water partition coefficient (Wildman–Crippen LogP) is 7.39. The standard InChI is InChI=1S/C24H15ClI3NO3/c1-13-4-2-3-5-15(13)12-31-22-19(27)8-14(9-20(22)28)10-21-24(30)32-23(29-21)17-11-16(26)6-7-18(17)25/h2-11H,12H2,1H3/b21-10-. The summed E-state index contributed by atoms with van der Waals surface area (Å²) in [5, 5.41) is 0.484. The molecule has 162 valence electrons. The largest absolute Gasteiger partial charge is 0.487 e. The van der Waals surface area contributed by atoms with Crippen molar-refractivity contribution in [3.8, 4) is 5.75 Å². The van der Waals surface area contributed by atoms with Crippen LogP contribution in [0, 0.1) is 17.6 Å². The maximum atomic E-state index is 12.4. The normalized spacial score (nSPS) is 14.5. The van der Waals surface area contributed by atoms with Crippen molar-refractivity contribution in [3.63, 3.8) is 0 Å². The molecule has 32 heavy (non-hydrogen) atoms. The topological polar surface area (TPSA) is 47.9 Å². The maximum Gasteiger partial charge on any atom is 0.363 e. The summed E-state index contributed by atoms with van der Waals surface area (Å²) in [5.41, 5.74) is 4.01. The number of cyclic esters (lactones) is 1. The molecule has 1 aliphatic rings. The fourth-order valence-electron chi connectivity index (χ4n) is 3.07. The minimum Gasteiger partial charge on any atom is -0.487 e. The van der Waals surface area contributed by atoms with E-state index in [9.17, 15) is 4.79 Å². The average Bonchev–Trinajstić information content (AvgIpc) is 3.10. The minimum atomic E-state index is -0.500. The molecule has 4 nitrogen and oxygen atoms in total. The molecule has 3 aromatic rings. The Morgan fingerprint density at radius 1 is 1.06 bits per heavy atom. The third kappa shape index (κ3) is 5.48. The number of rotatable bonds is 5. The second kappa shape index (κ2) is 10.4. The summed E-state index contributed by atoms with van der Waals surface area (Å²) >= 11 is 12.9. The molecule has 0 saturated heterocycles. The van der Waals surface area contributed by atoms with Gasteiger partial charge in [-0.05, 0) is 128 Å². The van der Waals surface area contributed by atoms with Crippen LogP contribution < -0.4 is 4.74 Å². The molecule has 0 aromatic heterocycles. The highest BCUT2D eigenvalue weighted by atomic mass is 127. The summed E-state index contributed by atoms with van der Waals surface area (Å²) in [4.78, 5) is 16.8. The highest BCUT2D eigenvalue weighted by Crippen LogP contribution is 2.32. The Labute approximate surface area is 231 Å². The number of ether oxygens (including phenoxy) is 2. The van der Waals surface area contributed by atoms with E-state index in [1.165, 1.54) is 5.56 Å². The van der Waals surface area contributed by atoms with Gasteiger partial charge in [-0.15, -0.1) is 0 Å². The van der Waals surface area contributed by atoms with Crippen LogP contribution in [0.5, 0.6) is 5.75 Å². The molecule has 3 aromatic carbocycles. The molecule has 0 saturated carbocycles. The molecule has 0 atom stereocenters. The SMILES string of the molecule is Cc1ccccc1COc1c(I)cc(/C=C2\N=C(c3cc(I)ccc3Cl)OC2=O)cc1I. The highest BCUT2D eigenvalue weighted by Gasteiger charge is 2.26. The number of halogens is 4. The zero-order valence-corrected chi connectivity index (χ0v) is 23.9. The third-order valence-electron chi connectivity index (χ3n) is 4.74. The predicted molar refractivity (Wildman–Crippen MR) is 152 cm³/mol. The molecule has 8 heteroatoms. The first kappa shape index (κ1) is 24.0. The fourth-order valence-corrected chi connectivity index (χ4v) is 5.88. The van der Waals surface area contributed by atoms with Crippen LogP contribution >= 0.6 is 79.4 Å². The van der Waals surface area contributed by atoms with Gasteiger partial charge in [-0.2, -0.15) is 0 Å². The monoisotopic (exact) mass is 781 g/mol. The summed E-state index contributed by atoms with van der Waals surface area (Å²) < 4.78 is 14.4. The fraction of sp³-hybridized carbons (Fsp3) is 0.0833. The summed E-state index contributed by atoms with van der Waals surface area (Å²) in [6.07, 6.45) is 1.71. The van der Waals surface area contributed by atoms with Crippen LogP contribution in [0.25, 0.3) is 6.08 Å². The first-order chi connectivity index (χ1) is 15.3. The summed E-state index contributed by atoms with van der Waals surface area (Å²) in [6.45, 7) is 2.57. The van der Waals surface area contributed by atoms with Gasteiger partial charge in [-0.25, -0.2) is 9.79 Å². The van der Waals surface area contributed by atoms with Crippen molar-refractivity contribution in [2.24, 2.45) is 4.99 Å². The first-order valence-corrected chi connectivity index (χ1v) is 13.1. The molecule has 0 spiro atoms. The van der Waals surface area contributed by atoms with E-state index in [1.54, 1.807) is 12.1 Å². The van der Waals surface area contributed by atoms with Crippen LogP contribution in [-0.2, 0) is 16.1 Å². The lowest BCUT2D eigenvalue weighted by atomic mass is 10.1. The zero-order chi connectivity index (χ0) is 22.8. The number of aliphatic imine (C=N–C) groups is 1. The average molecular weight is 782 g/mol. The van der Waals surface area contributed by atoms with Crippen molar-refractivity contribution in [1.82, 2.24) is 0 Å². The number of esters is 1. The minimum absolute atomic E-state index is 0.215. The Morgan fingerprint density at radius 3 is 2.50 bits per heavy atom. The number of aryl methyl sites for hydroxylation is 1. The van der Waals surface area contributed by atoms with Gasteiger partial charge in [0.25, 0.3) is 0 Å². The molecule has 0 fully saturated rings. The Hall–Kier alpha value is -1.18. The van der Waals surface area contributed by atoms with E-state index in [0.29, 0.717) is 17.2 Å². The van der Waals surface area contributed by atoms with E-state index < -0.39 is 5.97 Å². The molecular formula is C24H15ClI3NO3. The van der Waals surface area contributed by atoms with Gasteiger partial charge in [0, 0.05) is 3.57 Å². The van der Waals surface area contributed by atoms with Crippen LogP contribution in [0.3, 0.4) is 0 Å². The number of carbonyl (C=O) groups is 1. The van der Waals surface area contributed by atoms with Gasteiger partial charge in [0.1, 0.15) is 12.4 Å². The Bertz CT molecular complexity index is 1260. The van der Waals surface area contributed by atoms with Gasteiger partial charge < -0.3 is 9.47 Å². The molecule has 0 aliphatic carbocycles. The van der Waals surface area contributed by atoms with Crippen molar-refractivity contribution in [3.05, 3.63) is 98.3 Å². The van der Waals surface area contributed by atoms with Crippen molar-refractivity contribution < 1.29 is 14.3 Å². The van der Waals surface area contributed by atoms with Crippen molar-refractivity contribution in [2.45, 2.75) is 13.5 Å². The molecule has 0 unspecified atom stereocenters. The van der Waals surface area contributed by atoms with Crippen LogP contribution in [-0.4, -0.2) is 11.9 Å². The van der Waals surface area contributed by atoms with Crippen molar-refractivity contribution in [2.75, 3.05) is 0 Å². The third-order valence-corrected chi connectivity index (χ3v) is 7.34. The lowest BCUT2D eigenvalue weighted by Crippen LogP contribution is -2.06. The van der Waals surface area contributed by atoms with Crippen LogP contribution in [0.4, 0.5) is 0 Å². The van der Waals surface area contributed by atoms with Crippen molar-refractivity contribution >= 4 is 97.3 Å². The number of hydrogen-bond donors (Lipinski definition) is 0. The molecule has 1 heterocycles. The smallest absolute Gasteiger partial charge is 0.363 e. The van der Waals surface area contributed by atoms with Gasteiger partial charge >= 0.3 is 5.97 Å². The second-order valence-corrected chi connectivity index (χ2v) is 11.0. The number of carbonyl (C=O) groups excluding carboxylic acids is 1. The van der Waals surface area contributed by atoms with Gasteiger partial charge in [-0.3, -0.25) is 0 Å². The molecule has 1 aliphatic heterocycles. The van der Waals surface area contributed by atoms with E-state index in [1.807, 2.05) is 36.4 Å². The molecular weight excluding hydrogens is 766 g/mol. The van der Waals surface area contributed by atoms with Crippen LogP contribution in [0.15, 0.2) is 65.3 Å². The zero-order valence-electron chi connectivity index (χ0n) is 16.7. The lowest BCUT2D eigenvalue weighted by Gasteiger charge is -2.13. The summed E-state index contributed by atoms with van der Waals surface area (Å²) in [5.74, 6) is 0.535. The van der Waals surface area contributed by atoms with E-state index in [2.05, 4.69) is 91.8 Å². The van der Waals surface area contributed by atoms with E-state index in [-0.39, 0.29) is 11.6 Å². The van der Waals surface area contributed by atoms with Gasteiger partial charge in [0.2, 0.25) is 5.90 Å². The summed E-state index contributed by atoms with van der Waals surface area (Å²) in [6, 6.07) is 17.6. The number of hydrogen-bond acceptors (Lipinski definition) is 4. The van der Waals surface area contributed by atoms with E-state index in [0.717, 1.165) is 27.6 Å². The van der Waals surface area contributed by atoms with E-state index >= 15 is 0 Å². The second-order valence-electron chi connectivity index (χ2n) is 6.99. The number of nitrogens with zero attached hydrogens (tertiary/aromatic N) is 1. The number of benzene rings is 3. The lowest BCUT2D eigenvalue weighted by molar-refractivity contribution is -0.129. The van der Waals surface area contributed by atoms with Crippen LogP contribution in [0.2, 0.25) is 5.02 Å². The van der Waals surface area contributed by atoms with Gasteiger partial charge in [0.05, 0.1) is 17.7 Å². The highest BCUT2D eigenvalue weighted by molar-refractivity contribution is 14.1. The van der Waals surface area contributed by atoms with Crippen molar-refractivity contribution in [1.29, 1.82) is 0 Å². The van der Waals surface area contributed by atoms with Crippen LogP contribution in [0.1, 0.15) is 22.3 Å².